The van der Waals surface area contributed by atoms with Gasteiger partial charge in [0.15, 0.2) is 6.10 Å². The van der Waals surface area contributed by atoms with Gasteiger partial charge in [-0.15, -0.1) is 0 Å². The molecule has 0 aliphatic carbocycles. The molecule has 2 N–H and O–H groups in total. The number of carbonyl (C=O) groups excluding carboxylic acids is 2. The van der Waals surface area contributed by atoms with E-state index in [0.29, 0.717) is 18.0 Å². The van der Waals surface area contributed by atoms with E-state index in [9.17, 15) is 9.59 Å². The van der Waals surface area contributed by atoms with E-state index >= 15 is 0 Å². The van der Waals surface area contributed by atoms with Gasteiger partial charge in [-0.3, -0.25) is 14.5 Å². The molecule has 0 bridgehead atoms. The molecular weight excluding hydrogens is 232 g/mol. The van der Waals surface area contributed by atoms with Crippen LogP contribution in [0.1, 0.15) is 19.4 Å². The molecule has 96 valence electrons. The van der Waals surface area contributed by atoms with Crippen molar-refractivity contribution >= 4 is 17.4 Å². The molecule has 1 aromatic rings. The Morgan fingerprint density at radius 2 is 2.22 bits per heavy atom. The molecule has 18 heavy (non-hydrogen) atoms. The van der Waals surface area contributed by atoms with Crippen LogP contribution in [-0.2, 0) is 16.1 Å². The zero-order valence-electron chi connectivity index (χ0n) is 10.5. The standard InChI is InChI=1S/C13H16N2O3/c1-8(16)7-15-11-5-10(6-14)3-4-12(11)18-9(2)13(15)17/h3-5,9H,6-7,14H2,1-2H3. The third-order valence-corrected chi connectivity index (χ3v) is 2.85. The summed E-state index contributed by atoms with van der Waals surface area (Å²) in [7, 11) is 0. The van der Waals surface area contributed by atoms with Gasteiger partial charge >= 0.3 is 0 Å². The van der Waals surface area contributed by atoms with Crippen molar-refractivity contribution in [2.75, 3.05) is 11.4 Å². The molecule has 1 aliphatic rings. The van der Waals surface area contributed by atoms with Crippen LogP contribution in [0.15, 0.2) is 18.2 Å². The molecule has 5 heteroatoms. The molecule has 5 nitrogen and oxygen atoms in total. The third-order valence-electron chi connectivity index (χ3n) is 2.85. The number of rotatable bonds is 3. The van der Waals surface area contributed by atoms with Gasteiger partial charge in [0.25, 0.3) is 5.91 Å². The van der Waals surface area contributed by atoms with Crippen LogP contribution in [0.3, 0.4) is 0 Å². The predicted octanol–water partition coefficient (Wildman–Crippen LogP) is 0.848. The summed E-state index contributed by atoms with van der Waals surface area (Å²) < 4.78 is 5.51. The molecule has 0 saturated heterocycles. The van der Waals surface area contributed by atoms with E-state index < -0.39 is 6.10 Å². The molecule has 1 aliphatic heterocycles. The molecule has 0 radical (unpaired) electrons. The Balaban J connectivity index is 2.45. The number of hydrogen-bond donors (Lipinski definition) is 1. The van der Waals surface area contributed by atoms with Crippen molar-refractivity contribution < 1.29 is 14.3 Å². The van der Waals surface area contributed by atoms with E-state index in [0.717, 1.165) is 5.56 Å². The van der Waals surface area contributed by atoms with Crippen molar-refractivity contribution in [3.63, 3.8) is 0 Å². The van der Waals surface area contributed by atoms with Gasteiger partial charge in [0.1, 0.15) is 11.5 Å². The molecular formula is C13H16N2O3. The summed E-state index contributed by atoms with van der Waals surface area (Å²) >= 11 is 0. The number of benzene rings is 1. The average Bonchev–Trinajstić information content (AvgIpc) is 2.34. The van der Waals surface area contributed by atoms with Gasteiger partial charge in [-0.05, 0) is 31.5 Å². The summed E-state index contributed by atoms with van der Waals surface area (Å²) in [6, 6.07) is 5.43. The summed E-state index contributed by atoms with van der Waals surface area (Å²) in [6.07, 6.45) is -0.569. The number of ketones is 1. The largest absolute Gasteiger partial charge is 0.479 e. The number of ether oxygens (including phenoxy) is 1. The van der Waals surface area contributed by atoms with Gasteiger partial charge in [-0.1, -0.05) is 6.07 Å². The van der Waals surface area contributed by atoms with Crippen molar-refractivity contribution in [2.45, 2.75) is 26.5 Å². The number of amides is 1. The van der Waals surface area contributed by atoms with Gasteiger partial charge in [-0.25, -0.2) is 0 Å². The lowest BCUT2D eigenvalue weighted by atomic mass is 10.1. The van der Waals surface area contributed by atoms with Crippen LogP contribution in [0.5, 0.6) is 5.75 Å². The number of anilines is 1. The fourth-order valence-corrected chi connectivity index (χ4v) is 1.97. The lowest BCUT2D eigenvalue weighted by molar-refractivity contribution is -0.127. The number of nitrogens with zero attached hydrogens (tertiary/aromatic N) is 1. The molecule has 0 saturated carbocycles. The minimum atomic E-state index is -0.569. The molecule has 0 spiro atoms. The Morgan fingerprint density at radius 1 is 1.50 bits per heavy atom. The van der Waals surface area contributed by atoms with Crippen molar-refractivity contribution in [1.29, 1.82) is 0 Å². The van der Waals surface area contributed by atoms with Crippen LogP contribution < -0.4 is 15.4 Å². The average molecular weight is 248 g/mol. The van der Waals surface area contributed by atoms with Crippen LogP contribution in [0, 0.1) is 0 Å². The summed E-state index contributed by atoms with van der Waals surface area (Å²) in [5.74, 6) is 0.342. The molecule has 1 aromatic carbocycles. The summed E-state index contributed by atoms with van der Waals surface area (Å²) in [5, 5.41) is 0. The topological polar surface area (TPSA) is 72.6 Å². The Labute approximate surface area is 106 Å². The quantitative estimate of drug-likeness (QED) is 0.860. The number of carbonyl (C=O) groups is 2. The highest BCUT2D eigenvalue weighted by Gasteiger charge is 2.32. The molecule has 0 aromatic heterocycles. The van der Waals surface area contributed by atoms with E-state index in [2.05, 4.69) is 0 Å². The first-order chi connectivity index (χ1) is 8.52. The molecule has 2 rings (SSSR count). The van der Waals surface area contributed by atoms with Crippen molar-refractivity contribution in [1.82, 2.24) is 0 Å². The molecule has 1 atom stereocenters. The van der Waals surface area contributed by atoms with Gasteiger partial charge in [0.2, 0.25) is 0 Å². The van der Waals surface area contributed by atoms with Crippen LogP contribution in [-0.4, -0.2) is 24.3 Å². The summed E-state index contributed by atoms with van der Waals surface area (Å²) in [6.45, 7) is 3.58. The predicted molar refractivity (Wildman–Crippen MR) is 67.5 cm³/mol. The summed E-state index contributed by atoms with van der Waals surface area (Å²) in [4.78, 5) is 24.8. The Morgan fingerprint density at radius 3 is 2.83 bits per heavy atom. The second kappa shape index (κ2) is 4.78. The minimum Gasteiger partial charge on any atom is -0.479 e. The van der Waals surface area contributed by atoms with E-state index in [1.54, 1.807) is 19.1 Å². The zero-order valence-corrected chi connectivity index (χ0v) is 10.5. The number of fused-ring (bicyclic) bond motifs is 1. The number of hydrogen-bond acceptors (Lipinski definition) is 4. The maximum absolute atomic E-state index is 12.0. The number of nitrogens with two attached hydrogens (primary N) is 1. The lowest BCUT2D eigenvalue weighted by Gasteiger charge is -2.32. The Hall–Kier alpha value is -1.88. The minimum absolute atomic E-state index is 0.0631. The van der Waals surface area contributed by atoms with Crippen LogP contribution in [0.4, 0.5) is 5.69 Å². The van der Waals surface area contributed by atoms with Crippen LogP contribution >= 0.6 is 0 Å². The molecule has 1 unspecified atom stereocenters. The highest BCUT2D eigenvalue weighted by molar-refractivity contribution is 6.03. The van der Waals surface area contributed by atoms with E-state index in [-0.39, 0.29) is 18.2 Å². The summed E-state index contributed by atoms with van der Waals surface area (Å²) in [5.41, 5.74) is 7.10. The van der Waals surface area contributed by atoms with Crippen LogP contribution in [0.25, 0.3) is 0 Å². The fourth-order valence-electron chi connectivity index (χ4n) is 1.97. The van der Waals surface area contributed by atoms with E-state index in [4.69, 9.17) is 10.5 Å². The Kier molecular flexibility index (Phi) is 3.34. The maximum Gasteiger partial charge on any atom is 0.268 e. The van der Waals surface area contributed by atoms with E-state index in [1.165, 1.54) is 11.8 Å². The van der Waals surface area contributed by atoms with Crippen LogP contribution in [0.2, 0.25) is 0 Å². The first-order valence-corrected chi connectivity index (χ1v) is 5.83. The van der Waals surface area contributed by atoms with Crippen molar-refractivity contribution in [3.8, 4) is 5.75 Å². The Bertz CT molecular complexity index is 499. The van der Waals surface area contributed by atoms with Crippen molar-refractivity contribution in [3.05, 3.63) is 23.8 Å². The zero-order chi connectivity index (χ0) is 13.3. The monoisotopic (exact) mass is 248 g/mol. The lowest BCUT2D eigenvalue weighted by Crippen LogP contribution is -2.46. The third kappa shape index (κ3) is 2.22. The normalized spacial score (nSPS) is 18.3. The van der Waals surface area contributed by atoms with Gasteiger partial charge in [0, 0.05) is 6.54 Å². The molecule has 0 fully saturated rings. The highest BCUT2D eigenvalue weighted by Crippen LogP contribution is 2.34. The van der Waals surface area contributed by atoms with Gasteiger partial charge in [-0.2, -0.15) is 0 Å². The SMILES string of the molecule is CC(=O)CN1C(=O)C(C)Oc2ccc(CN)cc21. The first-order valence-electron chi connectivity index (χ1n) is 5.83. The van der Waals surface area contributed by atoms with Gasteiger partial charge < -0.3 is 10.5 Å². The second-order valence-electron chi connectivity index (χ2n) is 4.39. The highest BCUT2D eigenvalue weighted by atomic mass is 16.5. The fraction of sp³-hybridized carbons (Fsp3) is 0.385. The molecule has 1 heterocycles. The first kappa shape index (κ1) is 12.6. The number of Topliss-reactive ketones (excluding diaryl/α,β-unsaturated/α-hetero) is 1. The second-order valence-corrected chi connectivity index (χ2v) is 4.39. The maximum atomic E-state index is 12.0. The smallest absolute Gasteiger partial charge is 0.268 e. The van der Waals surface area contributed by atoms with Gasteiger partial charge in [0.05, 0.1) is 12.2 Å². The van der Waals surface area contributed by atoms with Crippen molar-refractivity contribution in [2.24, 2.45) is 5.73 Å². The van der Waals surface area contributed by atoms with E-state index in [1.807, 2.05) is 6.07 Å². The molecule has 1 amide bonds.